The lowest BCUT2D eigenvalue weighted by Crippen LogP contribution is -2.17. The number of halogens is 2. The zero-order chi connectivity index (χ0) is 15.2. The minimum Gasteiger partial charge on any atom is -0.312 e. The molecule has 0 bridgehead atoms. The van der Waals surface area contributed by atoms with E-state index < -0.39 is 16.6 Å². The molecule has 0 saturated carbocycles. The summed E-state index contributed by atoms with van der Waals surface area (Å²) in [5.41, 5.74) is 1.26. The maximum absolute atomic E-state index is 13.4. The third-order valence-electron chi connectivity index (χ3n) is 3.08. The van der Waals surface area contributed by atoms with Gasteiger partial charge in [0.05, 0.1) is 4.92 Å². The van der Waals surface area contributed by atoms with Crippen LogP contribution in [0, 0.1) is 21.7 Å². The lowest BCUT2D eigenvalue weighted by molar-refractivity contribution is -0.384. The average molecular weight is 292 g/mol. The molecule has 2 aromatic carbocycles. The van der Waals surface area contributed by atoms with Gasteiger partial charge < -0.3 is 5.32 Å². The van der Waals surface area contributed by atoms with Crippen molar-refractivity contribution < 1.29 is 13.7 Å². The summed E-state index contributed by atoms with van der Waals surface area (Å²) in [6.07, 6.45) is 0.648. The van der Waals surface area contributed by atoms with Gasteiger partial charge in [-0.25, -0.2) is 8.78 Å². The Labute approximate surface area is 120 Å². The molecule has 4 nitrogen and oxygen atoms in total. The molecule has 0 aromatic heterocycles. The Kier molecular flexibility index (Phi) is 4.94. The molecule has 2 rings (SSSR count). The molecule has 0 heterocycles. The monoisotopic (exact) mass is 292 g/mol. The predicted molar refractivity (Wildman–Crippen MR) is 74.9 cm³/mol. The molecule has 0 unspecified atom stereocenters. The molecule has 0 spiro atoms. The third kappa shape index (κ3) is 4.06. The minimum absolute atomic E-state index is 0.0496. The molecule has 0 atom stereocenters. The van der Waals surface area contributed by atoms with Gasteiger partial charge in [0, 0.05) is 24.2 Å². The molecule has 6 heteroatoms. The molecule has 0 aliphatic rings. The summed E-state index contributed by atoms with van der Waals surface area (Å²) in [6, 6.07) is 10.3. The van der Waals surface area contributed by atoms with E-state index in [0.29, 0.717) is 13.0 Å². The van der Waals surface area contributed by atoms with Crippen LogP contribution in [0.25, 0.3) is 0 Å². The second-order valence-corrected chi connectivity index (χ2v) is 4.56. The summed E-state index contributed by atoms with van der Waals surface area (Å²) in [4.78, 5) is 10.1. The van der Waals surface area contributed by atoms with Crippen LogP contribution >= 0.6 is 0 Å². The quantitative estimate of drug-likeness (QED) is 0.505. The van der Waals surface area contributed by atoms with E-state index in [1.165, 1.54) is 24.3 Å². The molecular formula is C15H14F2N2O2. The Balaban J connectivity index is 1.82. The van der Waals surface area contributed by atoms with Gasteiger partial charge in [-0.05, 0) is 24.6 Å². The van der Waals surface area contributed by atoms with Gasteiger partial charge in [0.1, 0.15) is 0 Å². The van der Waals surface area contributed by atoms with Gasteiger partial charge >= 0.3 is 0 Å². The van der Waals surface area contributed by atoms with Gasteiger partial charge in [-0.1, -0.05) is 24.3 Å². The van der Waals surface area contributed by atoms with Crippen LogP contribution in [-0.4, -0.2) is 11.5 Å². The Hall–Kier alpha value is -2.34. The number of nitro benzene ring substituents is 1. The van der Waals surface area contributed by atoms with Gasteiger partial charge in [-0.15, -0.1) is 0 Å². The second kappa shape index (κ2) is 6.90. The van der Waals surface area contributed by atoms with Crippen LogP contribution in [0.15, 0.2) is 42.5 Å². The number of nitrogens with one attached hydrogen (secondary N) is 1. The Morgan fingerprint density at radius 3 is 2.48 bits per heavy atom. The highest BCUT2D eigenvalue weighted by atomic mass is 19.2. The molecule has 21 heavy (non-hydrogen) atoms. The highest BCUT2D eigenvalue weighted by molar-refractivity contribution is 5.32. The third-order valence-corrected chi connectivity index (χ3v) is 3.08. The molecular weight excluding hydrogens is 278 g/mol. The van der Waals surface area contributed by atoms with E-state index in [9.17, 15) is 18.9 Å². The maximum Gasteiger partial charge on any atom is 0.269 e. The number of nitro groups is 1. The number of nitrogens with zero attached hydrogens (tertiary/aromatic N) is 1. The van der Waals surface area contributed by atoms with Crippen molar-refractivity contribution in [2.75, 3.05) is 6.54 Å². The second-order valence-electron chi connectivity index (χ2n) is 4.56. The standard InChI is InChI=1S/C15H14F2N2O2/c16-14-3-1-2-12(15(14)17)10-18-9-8-11-4-6-13(7-5-11)19(20)21/h1-7,18H,8-10H2. The predicted octanol–water partition coefficient (Wildman–Crippen LogP) is 3.21. The van der Waals surface area contributed by atoms with Crippen LogP contribution in [0.5, 0.6) is 0 Å². The van der Waals surface area contributed by atoms with Crippen molar-refractivity contribution in [1.82, 2.24) is 5.32 Å². The number of hydrogen-bond donors (Lipinski definition) is 1. The lowest BCUT2D eigenvalue weighted by Gasteiger charge is -2.06. The first kappa shape index (κ1) is 15.1. The smallest absolute Gasteiger partial charge is 0.269 e. The fourth-order valence-corrected chi connectivity index (χ4v) is 1.93. The largest absolute Gasteiger partial charge is 0.312 e. The number of non-ortho nitro benzene ring substituents is 1. The number of benzene rings is 2. The number of rotatable bonds is 6. The molecule has 110 valence electrons. The fraction of sp³-hybridized carbons (Fsp3) is 0.200. The summed E-state index contributed by atoms with van der Waals surface area (Å²) in [5, 5.41) is 13.5. The maximum atomic E-state index is 13.4. The van der Waals surface area contributed by atoms with Gasteiger partial charge in [0.25, 0.3) is 5.69 Å². The summed E-state index contributed by atoms with van der Waals surface area (Å²) >= 11 is 0. The molecule has 0 aliphatic carbocycles. The van der Waals surface area contributed by atoms with Crippen LogP contribution < -0.4 is 5.32 Å². The molecule has 2 aromatic rings. The highest BCUT2D eigenvalue weighted by Crippen LogP contribution is 2.13. The van der Waals surface area contributed by atoms with Crippen LogP contribution in [0.4, 0.5) is 14.5 Å². The van der Waals surface area contributed by atoms with Crippen LogP contribution in [-0.2, 0) is 13.0 Å². The molecule has 1 N–H and O–H groups in total. The van der Waals surface area contributed by atoms with E-state index >= 15 is 0 Å². The van der Waals surface area contributed by atoms with Crippen LogP contribution in [0.3, 0.4) is 0 Å². The van der Waals surface area contributed by atoms with Crippen molar-refractivity contribution in [2.24, 2.45) is 0 Å². The van der Waals surface area contributed by atoms with E-state index in [1.54, 1.807) is 12.1 Å². The molecule has 0 saturated heterocycles. The van der Waals surface area contributed by atoms with Crippen LogP contribution in [0.1, 0.15) is 11.1 Å². The van der Waals surface area contributed by atoms with E-state index in [2.05, 4.69) is 5.32 Å². The first-order valence-electron chi connectivity index (χ1n) is 6.45. The minimum atomic E-state index is -0.857. The van der Waals surface area contributed by atoms with Gasteiger partial charge in [0.2, 0.25) is 0 Å². The van der Waals surface area contributed by atoms with Gasteiger partial charge in [-0.3, -0.25) is 10.1 Å². The van der Waals surface area contributed by atoms with Crippen LogP contribution in [0.2, 0.25) is 0 Å². The topological polar surface area (TPSA) is 55.2 Å². The Bertz CT molecular complexity index is 630. The first-order valence-corrected chi connectivity index (χ1v) is 6.45. The number of hydrogen-bond acceptors (Lipinski definition) is 3. The molecule has 0 radical (unpaired) electrons. The zero-order valence-electron chi connectivity index (χ0n) is 11.2. The SMILES string of the molecule is O=[N+]([O-])c1ccc(CCNCc2cccc(F)c2F)cc1. The summed E-state index contributed by atoms with van der Waals surface area (Å²) in [5.74, 6) is -1.69. The van der Waals surface area contributed by atoms with E-state index in [0.717, 1.165) is 11.6 Å². The molecule has 0 fully saturated rings. The average Bonchev–Trinajstić information content (AvgIpc) is 2.48. The molecule has 0 aliphatic heterocycles. The Morgan fingerprint density at radius 1 is 1.10 bits per heavy atom. The normalized spacial score (nSPS) is 10.6. The van der Waals surface area contributed by atoms with Crippen molar-refractivity contribution in [3.05, 3.63) is 75.3 Å². The first-order chi connectivity index (χ1) is 10.1. The van der Waals surface area contributed by atoms with E-state index in [4.69, 9.17) is 0 Å². The highest BCUT2D eigenvalue weighted by Gasteiger charge is 2.07. The van der Waals surface area contributed by atoms with Gasteiger partial charge in [-0.2, -0.15) is 0 Å². The van der Waals surface area contributed by atoms with Crippen molar-refractivity contribution in [2.45, 2.75) is 13.0 Å². The van der Waals surface area contributed by atoms with Gasteiger partial charge in [0.15, 0.2) is 11.6 Å². The lowest BCUT2D eigenvalue weighted by atomic mass is 10.1. The van der Waals surface area contributed by atoms with Crippen molar-refractivity contribution in [1.29, 1.82) is 0 Å². The van der Waals surface area contributed by atoms with Crippen molar-refractivity contribution >= 4 is 5.69 Å². The van der Waals surface area contributed by atoms with E-state index in [-0.39, 0.29) is 17.8 Å². The summed E-state index contributed by atoms with van der Waals surface area (Å²) in [6.45, 7) is 0.796. The van der Waals surface area contributed by atoms with Crippen molar-refractivity contribution in [3.8, 4) is 0 Å². The Morgan fingerprint density at radius 2 is 1.81 bits per heavy atom. The van der Waals surface area contributed by atoms with E-state index in [1.807, 2.05) is 0 Å². The fourth-order valence-electron chi connectivity index (χ4n) is 1.93. The van der Waals surface area contributed by atoms with Crippen molar-refractivity contribution in [3.63, 3.8) is 0 Å². The molecule has 0 amide bonds. The summed E-state index contributed by atoms with van der Waals surface area (Å²) < 4.78 is 26.4. The zero-order valence-corrected chi connectivity index (χ0v) is 11.2. The summed E-state index contributed by atoms with van der Waals surface area (Å²) in [7, 11) is 0.